The van der Waals surface area contributed by atoms with Crippen molar-refractivity contribution < 1.29 is 8.42 Å². The van der Waals surface area contributed by atoms with Gasteiger partial charge in [0.25, 0.3) is 0 Å². The minimum absolute atomic E-state index is 0.0733. The largest absolute Gasteiger partial charge is 0.383 e. The standard InChI is InChI=1S/C17H22N6O2S2/c1-22(2)10-9-19-14-11-13(18)23-16(20-14)15(17(21-23)26-3)27(24,25)12-7-5-4-6-8-12/h4-8,11H,9-10,18H2,1-3H3,(H,19,20). The lowest BCUT2D eigenvalue weighted by molar-refractivity contribution is 0.425. The summed E-state index contributed by atoms with van der Waals surface area (Å²) in [5.74, 6) is 0.830. The molecule has 2 aromatic heterocycles. The predicted octanol–water partition coefficient (Wildman–Crippen LogP) is 1.84. The minimum Gasteiger partial charge on any atom is -0.383 e. The van der Waals surface area contributed by atoms with Gasteiger partial charge in [0.2, 0.25) is 9.84 Å². The molecule has 0 unspecified atom stereocenters. The Morgan fingerprint density at radius 2 is 1.96 bits per heavy atom. The van der Waals surface area contributed by atoms with Crippen LogP contribution in [-0.4, -0.2) is 61.4 Å². The molecule has 3 rings (SSSR count). The van der Waals surface area contributed by atoms with E-state index < -0.39 is 9.84 Å². The summed E-state index contributed by atoms with van der Waals surface area (Å²) in [5.41, 5.74) is 6.33. The first-order valence-corrected chi connectivity index (χ1v) is 11.0. The van der Waals surface area contributed by atoms with Crippen molar-refractivity contribution in [3.05, 3.63) is 36.4 Å². The zero-order chi connectivity index (χ0) is 19.6. The van der Waals surface area contributed by atoms with Crippen LogP contribution in [0.15, 0.2) is 51.2 Å². The first-order valence-electron chi connectivity index (χ1n) is 8.26. The maximum Gasteiger partial charge on any atom is 0.213 e. The second kappa shape index (κ2) is 7.75. The molecule has 0 aliphatic carbocycles. The van der Waals surface area contributed by atoms with Crippen molar-refractivity contribution in [2.45, 2.75) is 14.8 Å². The van der Waals surface area contributed by atoms with Crippen molar-refractivity contribution in [2.24, 2.45) is 0 Å². The molecule has 0 bridgehead atoms. The van der Waals surface area contributed by atoms with Gasteiger partial charge in [-0.15, -0.1) is 11.8 Å². The van der Waals surface area contributed by atoms with Crippen molar-refractivity contribution in [3.8, 4) is 0 Å². The van der Waals surface area contributed by atoms with Gasteiger partial charge in [-0.05, 0) is 32.5 Å². The van der Waals surface area contributed by atoms with Gasteiger partial charge in [0.15, 0.2) is 10.5 Å². The number of likely N-dealkylation sites (N-methyl/N-ethyl adjacent to an activating group) is 1. The number of sulfone groups is 1. The number of thioether (sulfide) groups is 1. The average molecular weight is 407 g/mol. The zero-order valence-electron chi connectivity index (χ0n) is 15.4. The number of nitrogens with one attached hydrogen (secondary N) is 1. The van der Waals surface area contributed by atoms with E-state index in [1.807, 2.05) is 19.0 Å². The van der Waals surface area contributed by atoms with Gasteiger partial charge >= 0.3 is 0 Å². The van der Waals surface area contributed by atoms with Crippen LogP contribution in [0.5, 0.6) is 0 Å². The number of nitrogen functional groups attached to an aromatic ring is 1. The molecule has 0 fully saturated rings. The number of nitrogens with two attached hydrogens (primary N) is 1. The van der Waals surface area contributed by atoms with E-state index >= 15 is 0 Å². The Kier molecular flexibility index (Phi) is 5.59. The molecule has 0 aliphatic heterocycles. The van der Waals surface area contributed by atoms with Gasteiger partial charge in [0.1, 0.15) is 16.7 Å². The monoisotopic (exact) mass is 406 g/mol. The van der Waals surface area contributed by atoms with Crippen LogP contribution >= 0.6 is 11.8 Å². The number of anilines is 2. The maximum atomic E-state index is 13.2. The second-order valence-corrected chi connectivity index (χ2v) is 8.87. The van der Waals surface area contributed by atoms with E-state index in [2.05, 4.69) is 15.4 Å². The first-order chi connectivity index (χ1) is 12.8. The van der Waals surface area contributed by atoms with Crippen LogP contribution in [0.2, 0.25) is 0 Å². The molecule has 27 heavy (non-hydrogen) atoms. The Balaban J connectivity index is 2.15. The predicted molar refractivity (Wildman–Crippen MR) is 108 cm³/mol. The van der Waals surface area contributed by atoms with Gasteiger partial charge in [-0.3, -0.25) is 0 Å². The Hall–Kier alpha value is -2.30. The molecule has 0 spiro atoms. The Labute approximate surface area is 162 Å². The fraction of sp³-hybridized carbons (Fsp3) is 0.294. The van der Waals surface area contributed by atoms with Crippen molar-refractivity contribution >= 4 is 38.9 Å². The number of hydrogen-bond acceptors (Lipinski definition) is 8. The van der Waals surface area contributed by atoms with E-state index in [0.717, 1.165) is 6.54 Å². The molecule has 0 saturated heterocycles. The topological polar surface area (TPSA) is 106 Å². The maximum absolute atomic E-state index is 13.2. The van der Waals surface area contributed by atoms with Crippen LogP contribution in [0.25, 0.3) is 5.65 Å². The van der Waals surface area contributed by atoms with Gasteiger partial charge in [0.05, 0.1) is 4.90 Å². The summed E-state index contributed by atoms with van der Waals surface area (Å²) in [6.45, 7) is 1.46. The molecule has 0 radical (unpaired) electrons. The van der Waals surface area contributed by atoms with Crippen LogP contribution in [-0.2, 0) is 9.84 Å². The van der Waals surface area contributed by atoms with Gasteiger partial charge in [0, 0.05) is 19.2 Å². The third-order valence-electron chi connectivity index (χ3n) is 3.93. The molecule has 0 saturated carbocycles. The third kappa shape index (κ3) is 3.87. The van der Waals surface area contributed by atoms with Crippen molar-refractivity contribution in [3.63, 3.8) is 0 Å². The summed E-state index contributed by atoms with van der Waals surface area (Å²) in [4.78, 5) is 6.79. The van der Waals surface area contributed by atoms with Gasteiger partial charge in [-0.2, -0.15) is 9.61 Å². The zero-order valence-corrected chi connectivity index (χ0v) is 17.0. The molecule has 8 nitrogen and oxygen atoms in total. The SMILES string of the molecule is CSc1nn2c(N)cc(NCCN(C)C)nc2c1S(=O)(=O)c1ccccc1. The highest BCUT2D eigenvalue weighted by Crippen LogP contribution is 2.33. The van der Waals surface area contributed by atoms with Crippen LogP contribution in [0.1, 0.15) is 0 Å². The molecular formula is C17H22N6O2S2. The summed E-state index contributed by atoms with van der Waals surface area (Å²) in [5, 5.41) is 7.89. The molecule has 2 heterocycles. The fourth-order valence-corrected chi connectivity index (χ4v) is 5.00. The third-order valence-corrected chi connectivity index (χ3v) is 6.53. The molecule has 3 N–H and O–H groups in total. The lowest BCUT2D eigenvalue weighted by atomic mass is 10.4. The highest BCUT2D eigenvalue weighted by Gasteiger charge is 2.29. The van der Waals surface area contributed by atoms with E-state index in [1.165, 1.54) is 16.3 Å². The van der Waals surface area contributed by atoms with E-state index in [9.17, 15) is 8.42 Å². The first kappa shape index (κ1) is 19.5. The molecule has 0 aliphatic rings. The molecule has 144 valence electrons. The molecule has 0 amide bonds. The number of benzene rings is 1. The number of nitrogens with zero attached hydrogens (tertiary/aromatic N) is 4. The summed E-state index contributed by atoms with van der Waals surface area (Å²) in [7, 11) is 0.152. The fourth-order valence-electron chi connectivity index (χ4n) is 2.59. The van der Waals surface area contributed by atoms with E-state index in [-0.39, 0.29) is 15.4 Å². The number of hydrogen-bond donors (Lipinski definition) is 2. The van der Waals surface area contributed by atoms with Crippen LogP contribution in [0.4, 0.5) is 11.6 Å². The second-order valence-electron chi connectivity index (χ2n) is 6.19. The van der Waals surface area contributed by atoms with Crippen LogP contribution in [0, 0.1) is 0 Å². The van der Waals surface area contributed by atoms with E-state index in [0.29, 0.717) is 23.2 Å². The quantitative estimate of drug-likeness (QED) is 0.573. The van der Waals surface area contributed by atoms with Gasteiger partial charge < -0.3 is 16.0 Å². The normalized spacial score (nSPS) is 12.0. The minimum atomic E-state index is -3.79. The van der Waals surface area contributed by atoms with Crippen molar-refractivity contribution in [1.29, 1.82) is 0 Å². The Bertz CT molecular complexity index is 1050. The van der Waals surface area contributed by atoms with E-state index in [1.54, 1.807) is 42.7 Å². The number of fused-ring (bicyclic) bond motifs is 1. The van der Waals surface area contributed by atoms with Crippen molar-refractivity contribution in [1.82, 2.24) is 19.5 Å². The lowest BCUT2D eigenvalue weighted by Crippen LogP contribution is -2.21. The van der Waals surface area contributed by atoms with E-state index in [4.69, 9.17) is 5.73 Å². The Morgan fingerprint density at radius 3 is 2.59 bits per heavy atom. The molecule has 0 atom stereocenters. The highest BCUT2D eigenvalue weighted by atomic mass is 32.2. The number of rotatable bonds is 7. The lowest BCUT2D eigenvalue weighted by Gasteiger charge is -2.12. The summed E-state index contributed by atoms with van der Waals surface area (Å²) >= 11 is 1.25. The summed E-state index contributed by atoms with van der Waals surface area (Å²) in [6.07, 6.45) is 1.78. The average Bonchev–Trinajstić information content (AvgIpc) is 3.02. The summed E-state index contributed by atoms with van der Waals surface area (Å²) < 4.78 is 27.9. The number of aromatic nitrogens is 3. The van der Waals surface area contributed by atoms with Crippen LogP contribution in [0.3, 0.4) is 0 Å². The molecule has 1 aromatic carbocycles. The molecule has 3 aromatic rings. The smallest absolute Gasteiger partial charge is 0.213 e. The highest BCUT2D eigenvalue weighted by molar-refractivity contribution is 7.99. The van der Waals surface area contributed by atoms with Crippen molar-refractivity contribution in [2.75, 3.05) is 44.5 Å². The molecule has 10 heteroatoms. The Morgan fingerprint density at radius 1 is 1.26 bits per heavy atom. The van der Waals surface area contributed by atoms with Gasteiger partial charge in [-0.1, -0.05) is 18.2 Å². The van der Waals surface area contributed by atoms with Gasteiger partial charge in [-0.25, -0.2) is 13.4 Å². The summed E-state index contributed by atoms with van der Waals surface area (Å²) in [6, 6.07) is 9.92. The molecular weight excluding hydrogens is 384 g/mol. The van der Waals surface area contributed by atoms with Crippen LogP contribution < -0.4 is 11.1 Å².